The largest absolute Gasteiger partial charge is 0.322 e. The van der Waals surface area contributed by atoms with E-state index < -0.39 is 0 Å². The van der Waals surface area contributed by atoms with E-state index in [1.165, 1.54) is 6.07 Å². The summed E-state index contributed by atoms with van der Waals surface area (Å²) < 4.78 is 13.7. The SMILES string of the molecule is Cc1cccc(C)c1NC(=O)N1CCN(CCc2ccccc2F)CC1. The molecule has 138 valence electrons. The number of benzene rings is 2. The predicted molar refractivity (Wildman–Crippen MR) is 103 cm³/mol. The Kier molecular flexibility index (Phi) is 5.89. The van der Waals surface area contributed by atoms with Crippen molar-refractivity contribution in [3.8, 4) is 0 Å². The summed E-state index contributed by atoms with van der Waals surface area (Å²) >= 11 is 0. The van der Waals surface area contributed by atoms with Gasteiger partial charge in [0.05, 0.1) is 0 Å². The Labute approximate surface area is 154 Å². The third-order valence-corrected chi connectivity index (χ3v) is 5.03. The van der Waals surface area contributed by atoms with Crippen molar-refractivity contribution >= 4 is 11.7 Å². The van der Waals surface area contributed by atoms with Gasteiger partial charge in [-0.25, -0.2) is 9.18 Å². The molecule has 2 aromatic rings. The first-order chi connectivity index (χ1) is 12.5. The van der Waals surface area contributed by atoms with E-state index >= 15 is 0 Å². The van der Waals surface area contributed by atoms with Crippen LogP contribution in [0.4, 0.5) is 14.9 Å². The summed E-state index contributed by atoms with van der Waals surface area (Å²) in [4.78, 5) is 16.7. The van der Waals surface area contributed by atoms with E-state index in [-0.39, 0.29) is 11.8 Å². The van der Waals surface area contributed by atoms with Crippen LogP contribution in [0.2, 0.25) is 0 Å². The number of anilines is 1. The Morgan fingerprint density at radius 1 is 1.00 bits per heavy atom. The summed E-state index contributed by atoms with van der Waals surface area (Å²) in [5.41, 5.74) is 3.80. The maximum atomic E-state index is 13.7. The highest BCUT2D eigenvalue weighted by atomic mass is 19.1. The predicted octanol–water partition coefficient (Wildman–Crippen LogP) is 3.83. The molecule has 26 heavy (non-hydrogen) atoms. The molecule has 0 aromatic heterocycles. The summed E-state index contributed by atoms with van der Waals surface area (Å²) in [6, 6.07) is 12.9. The minimum atomic E-state index is -0.140. The maximum absolute atomic E-state index is 13.7. The first kappa shape index (κ1) is 18.4. The monoisotopic (exact) mass is 355 g/mol. The number of urea groups is 1. The Morgan fingerprint density at radius 3 is 2.31 bits per heavy atom. The summed E-state index contributed by atoms with van der Waals surface area (Å²) in [5, 5.41) is 3.05. The van der Waals surface area contributed by atoms with Crippen molar-refractivity contribution in [3.63, 3.8) is 0 Å². The summed E-state index contributed by atoms with van der Waals surface area (Å²) in [5.74, 6) is -0.140. The third-order valence-electron chi connectivity index (χ3n) is 5.03. The average Bonchev–Trinajstić information content (AvgIpc) is 2.64. The van der Waals surface area contributed by atoms with E-state index in [0.29, 0.717) is 19.5 Å². The minimum absolute atomic E-state index is 0.0452. The average molecular weight is 355 g/mol. The quantitative estimate of drug-likeness (QED) is 0.905. The Hall–Kier alpha value is -2.40. The lowest BCUT2D eigenvalue weighted by molar-refractivity contribution is 0.148. The second-order valence-corrected chi connectivity index (χ2v) is 6.87. The van der Waals surface area contributed by atoms with Crippen molar-refractivity contribution in [2.24, 2.45) is 0 Å². The van der Waals surface area contributed by atoms with Gasteiger partial charge in [0.15, 0.2) is 0 Å². The number of halogens is 1. The standard InChI is InChI=1S/C21H26FN3O/c1-16-6-5-7-17(2)20(16)23-21(26)25-14-12-24(13-15-25)11-10-18-8-3-4-9-19(18)22/h3-9H,10-15H2,1-2H3,(H,23,26). The fourth-order valence-electron chi connectivity index (χ4n) is 3.35. The molecule has 1 N–H and O–H groups in total. The van der Waals surface area contributed by atoms with Gasteiger partial charge in [-0.2, -0.15) is 0 Å². The molecule has 1 fully saturated rings. The molecular formula is C21H26FN3O. The first-order valence-electron chi connectivity index (χ1n) is 9.12. The zero-order chi connectivity index (χ0) is 18.5. The van der Waals surface area contributed by atoms with Gasteiger partial charge in [-0.15, -0.1) is 0 Å². The molecule has 5 heteroatoms. The summed E-state index contributed by atoms with van der Waals surface area (Å²) in [7, 11) is 0. The van der Waals surface area contributed by atoms with Crippen molar-refractivity contribution in [2.45, 2.75) is 20.3 Å². The van der Waals surface area contributed by atoms with Gasteiger partial charge in [-0.05, 0) is 43.0 Å². The van der Waals surface area contributed by atoms with Crippen LogP contribution in [-0.2, 0) is 6.42 Å². The Morgan fingerprint density at radius 2 is 1.65 bits per heavy atom. The molecule has 2 aromatic carbocycles. The van der Waals surface area contributed by atoms with Gasteiger partial charge >= 0.3 is 6.03 Å². The van der Waals surface area contributed by atoms with Gasteiger partial charge in [0, 0.05) is 38.4 Å². The molecule has 0 saturated carbocycles. The molecular weight excluding hydrogens is 329 g/mol. The fourth-order valence-corrected chi connectivity index (χ4v) is 3.35. The molecule has 0 spiro atoms. The molecule has 0 aliphatic carbocycles. The number of hydrogen-bond donors (Lipinski definition) is 1. The molecule has 4 nitrogen and oxygen atoms in total. The smallest absolute Gasteiger partial charge is 0.321 e. The zero-order valence-electron chi connectivity index (χ0n) is 15.5. The van der Waals surface area contributed by atoms with Crippen LogP contribution in [0.1, 0.15) is 16.7 Å². The number of aryl methyl sites for hydroxylation is 2. The maximum Gasteiger partial charge on any atom is 0.321 e. The highest BCUT2D eigenvalue weighted by Gasteiger charge is 2.21. The third kappa shape index (κ3) is 4.41. The lowest BCUT2D eigenvalue weighted by atomic mass is 10.1. The molecule has 1 aliphatic heterocycles. The lowest BCUT2D eigenvalue weighted by Crippen LogP contribution is -2.50. The van der Waals surface area contributed by atoms with Crippen molar-refractivity contribution < 1.29 is 9.18 Å². The lowest BCUT2D eigenvalue weighted by Gasteiger charge is -2.35. The van der Waals surface area contributed by atoms with Gasteiger partial charge in [-0.3, -0.25) is 4.90 Å². The molecule has 2 amide bonds. The van der Waals surface area contributed by atoms with Crippen LogP contribution >= 0.6 is 0 Å². The van der Waals surface area contributed by atoms with Crippen LogP contribution in [0.15, 0.2) is 42.5 Å². The highest BCUT2D eigenvalue weighted by molar-refractivity contribution is 5.91. The number of para-hydroxylation sites is 1. The van der Waals surface area contributed by atoms with Crippen LogP contribution in [0.5, 0.6) is 0 Å². The highest BCUT2D eigenvalue weighted by Crippen LogP contribution is 2.20. The van der Waals surface area contributed by atoms with Crippen molar-refractivity contribution in [2.75, 3.05) is 38.0 Å². The second-order valence-electron chi connectivity index (χ2n) is 6.87. The number of nitrogens with zero attached hydrogens (tertiary/aromatic N) is 2. The molecule has 0 bridgehead atoms. The van der Waals surface area contributed by atoms with Crippen LogP contribution in [0, 0.1) is 19.7 Å². The van der Waals surface area contributed by atoms with Gasteiger partial charge in [0.25, 0.3) is 0 Å². The molecule has 1 heterocycles. The summed E-state index contributed by atoms with van der Waals surface area (Å²) in [6.07, 6.45) is 0.696. The van der Waals surface area contributed by atoms with E-state index in [0.717, 1.165) is 42.0 Å². The zero-order valence-corrected chi connectivity index (χ0v) is 15.5. The number of piperazine rings is 1. The van der Waals surface area contributed by atoms with E-state index in [9.17, 15) is 9.18 Å². The van der Waals surface area contributed by atoms with Crippen molar-refractivity contribution in [1.29, 1.82) is 0 Å². The number of amides is 2. The molecule has 0 radical (unpaired) electrons. The van der Waals surface area contributed by atoms with Crippen molar-refractivity contribution in [1.82, 2.24) is 9.80 Å². The Balaban J connectivity index is 1.49. The van der Waals surface area contributed by atoms with Gasteiger partial charge in [0.2, 0.25) is 0 Å². The molecule has 3 rings (SSSR count). The van der Waals surface area contributed by atoms with E-state index in [1.807, 2.05) is 49.1 Å². The van der Waals surface area contributed by atoms with E-state index in [1.54, 1.807) is 6.07 Å². The van der Waals surface area contributed by atoms with Crippen molar-refractivity contribution in [3.05, 3.63) is 65.0 Å². The summed E-state index contributed by atoms with van der Waals surface area (Å²) in [6.45, 7) is 7.82. The molecule has 1 aliphatic rings. The molecule has 0 unspecified atom stereocenters. The van der Waals surface area contributed by atoms with Crippen LogP contribution in [-0.4, -0.2) is 48.6 Å². The molecule has 0 atom stereocenters. The fraction of sp³-hybridized carbons (Fsp3) is 0.381. The topological polar surface area (TPSA) is 35.6 Å². The number of carbonyl (C=O) groups is 1. The Bertz CT molecular complexity index is 749. The van der Waals surface area contributed by atoms with Crippen LogP contribution in [0.25, 0.3) is 0 Å². The normalized spacial score (nSPS) is 15.1. The number of rotatable bonds is 4. The molecule has 1 saturated heterocycles. The van der Waals surface area contributed by atoms with Gasteiger partial charge < -0.3 is 10.2 Å². The van der Waals surface area contributed by atoms with E-state index in [2.05, 4.69) is 10.2 Å². The number of hydrogen-bond acceptors (Lipinski definition) is 2. The van der Waals surface area contributed by atoms with Gasteiger partial charge in [-0.1, -0.05) is 36.4 Å². The van der Waals surface area contributed by atoms with Gasteiger partial charge in [0.1, 0.15) is 5.82 Å². The second kappa shape index (κ2) is 8.32. The van der Waals surface area contributed by atoms with Crippen LogP contribution in [0.3, 0.4) is 0 Å². The van der Waals surface area contributed by atoms with E-state index in [4.69, 9.17) is 0 Å². The first-order valence-corrected chi connectivity index (χ1v) is 9.12. The van der Waals surface area contributed by atoms with Crippen LogP contribution < -0.4 is 5.32 Å². The minimum Gasteiger partial charge on any atom is -0.322 e. The number of nitrogens with one attached hydrogen (secondary N) is 1. The number of carbonyl (C=O) groups excluding carboxylic acids is 1.